The number of carbonyl (C=O) groups excluding carboxylic acids is 1. The van der Waals surface area contributed by atoms with E-state index in [0.29, 0.717) is 4.48 Å². The second kappa shape index (κ2) is 5.53. The van der Waals surface area contributed by atoms with Crippen LogP contribution in [0, 0.1) is 15.9 Å². The van der Waals surface area contributed by atoms with Crippen LogP contribution in [-0.2, 0) is 0 Å². The molecule has 0 bridgehead atoms. The molecule has 0 saturated carbocycles. The summed E-state index contributed by atoms with van der Waals surface area (Å²) in [6.07, 6.45) is 0. The Balaban J connectivity index is 2.93. The van der Waals surface area contributed by atoms with E-state index in [-0.39, 0.29) is 12.1 Å². The SMILES string of the molecule is C=C(Br)CNC(=O)c1cc(F)cc([N+](=O)[O-])c1. The molecule has 1 amide bonds. The largest absolute Gasteiger partial charge is 0.347 e. The predicted molar refractivity (Wildman–Crippen MR) is 63.5 cm³/mol. The van der Waals surface area contributed by atoms with Crippen molar-refractivity contribution in [3.05, 3.63) is 50.8 Å². The van der Waals surface area contributed by atoms with E-state index < -0.39 is 22.3 Å². The van der Waals surface area contributed by atoms with Gasteiger partial charge in [-0.25, -0.2) is 4.39 Å². The summed E-state index contributed by atoms with van der Waals surface area (Å²) >= 11 is 3.04. The first-order chi connectivity index (χ1) is 7.90. The highest BCUT2D eigenvalue weighted by Gasteiger charge is 2.14. The van der Waals surface area contributed by atoms with Crippen LogP contribution in [0.25, 0.3) is 0 Å². The molecule has 7 heteroatoms. The highest BCUT2D eigenvalue weighted by Crippen LogP contribution is 2.16. The van der Waals surface area contributed by atoms with Crippen molar-refractivity contribution in [2.24, 2.45) is 0 Å². The van der Waals surface area contributed by atoms with Gasteiger partial charge in [0.2, 0.25) is 0 Å². The van der Waals surface area contributed by atoms with Crippen LogP contribution >= 0.6 is 15.9 Å². The molecule has 0 spiro atoms. The third-order valence-corrected chi connectivity index (χ3v) is 2.08. The number of hydrogen-bond donors (Lipinski definition) is 1. The Hall–Kier alpha value is -1.76. The molecule has 1 rings (SSSR count). The zero-order valence-corrected chi connectivity index (χ0v) is 10.2. The molecule has 0 fully saturated rings. The van der Waals surface area contributed by atoms with Crippen molar-refractivity contribution in [2.45, 2.75) is 0 Å². The van der Waals surface area contributed by atoms with Gasteiger partial charge in [0.25, 0.3) is 11.6 Å². The Labute approximate surface area is 105 Å². The van der Waals surface area contributed by atoms with Crippen LogP contribution in [0.4, 0.5) is 10.1 Å². The van der Waals surface area contributed by atoms with E-state index in [9.17, 15) is 19.3 Å². The minimum Gasteiger partial charge on any atom is -0.347 e. The fourth-order valence-corrected chi connectivity index (χ4v) is 1.23. The van der Waals surface area contributed by atoms with Gasteiger partial charge in [-0.2, -0.15) is 0 Å². The van der Waals surface area contributed by atoms with Crippen LogP contribution in [0.5, 0.6) is 0 Å². The summed E-state index contributed by atoms with van der Waals surface area (Å²) in [5.74, 6) is -1.43. The molecular formula is C10H8BrFN2O3. The van der Waals surface area contributed by atoms with Gasteiger partial charge in [-0.3, -0.25) is 14.9 Å². The van der Waals surface area contributed by atoms with Crippen molar-refractivity contribution in [1.82, 2.24) is 5.32 Å². The summed E-state index contributed by atoms with van der Waals surface area (Å²) < 4.78 is 13.6. The first kappa shape index (κ1) is 13.3. The van der Waals surface area contributed by atoms with Crippen molar-refractivity contribution in [3.8, 4) is 0 Å². The number of rotatable bonds is 4. The number of nitrogens with one attached hydrogen (secondary N) is 1. The number of carbonyl (C=O) groups is 1. The van der Waals surface area contributed by atoms with Crippen LogP contribution in [0.1, 0.15) is 10.4 Å². The van der Waals surface area contributed by atoms with Crippen molar-refractivity contribution in [2.75, 3.05) is 6.54 Å². The number of amides is 1. The third kappa shape index (κ3) is 3.95. The fraction of sp³-hybridized carbons (Fsp3) is 0.100. The van der Waals surface area contributed by atoms with Gasteiger partial charge in [-0.1, -0.05) is 22.5 Å². The minimum atomic E-state index is -0.831. The number of nitro benzene ring substituents is 1. The molecule has 17 heavy (non-hydrogen) atoms. The third-order valence-electron chi connectivity index (χ3n) is 1.80. The fourth-order valence-electron chi connectivity index (χ4n) is 1.09. The maximum Gasteiger partial charge on any atom is 0.273 e. The first-order valence-electron chi connectivity index (χ1n) is 4.46. The molecular weight excluding hydrogens is 295 g/mol. The number of non-ortho nitro benzene ring substituents is 1. The first-order valence-corrected chi connectivity index (χ1v) is 5.26. The van der Waals surface area contributed by atoms with E-state index in [1.54, 1.807) is 0 Å². The molecule has 0 aliphatic carbocycles. The molecule has 0 aliphatic rings. The lowest BCUT2D eigenvalue weighted by Gasteiger charge is -2.04. The molecule has 1 N–H and O–H groups in total. The molecule has 1 aromatic rings. The topological polar surface area (TPSA) is 72.2 Å². The number of nitro groups is 1. The van der Waals surface area contributed by atoms with Crippen molar-refractivity contribution in [1.29, 1.82) is 0 Å². The Morgan fingerprint density at radius 3 is 2.71 bits per heavy atom. The van der Waals surface area contributed by atoms with Gasteiger partial charge in [0.05, 0.1) is 11.0 Å². The van der Waals surface area contributed by atoms with E-state index in [4.69, 9.17) is 0 Å². The van der Waals surface area contributed by atoms with Gasteiger partial charge in [-0.05, 0) is 6.07 Å². The standard InChI is InChI=1S/C10H8BrFN2O3/c1-6(11)5-13-10(15)7-2-8(12)4-9(3-7)14(16)17/h2-4H,1,5H2,(H,13,15). The summed E-state index contributed by atoms with van der Waals surface area (Å²) in [5, 5.41) is 12.9. The maximum absolute atomic E-state index is 13.0. The van der Waals surface area contributed by atoms with Crippen LogP contribution in [0.15, 0.2) is 29.3 Å². The average molecular weight is 303 g/mol. The predicted octanol–water partition coefficient (Wildman–Crippen LogP) is 2.37. The van der Waals surface area contributed by atoms with Crippen LogP contribution in [0.2, 0.25) is 0 Å². The molecule has 0 heterocycles. The Bertz CT molecular complexity index is 490. The number of halogens is 2. The highest BCUT2D eigenvalue weighted by molar-refractivity contribution is 9.11. The Kier molecular flexibility index (Phi) is 4.33. The van der Waals surface area contributed by atoms with Gasteiger partial charge in [0.15, 0.2) is 0 Å². The second-order valence-electron chi connectivity index (χ2n) is 3.16. The van der Waals surface area contributed by atoms with E-state index in [2.05, 4.69) is 27.8 Å². The molecule has 0 saturated heterocycles. The summed E-state index contributed by atoms with van der Waals surface area (Å²) in [6.45, 7) is 3.66. The molecule has 0 aliphatic heterocycles. The lowest BCUT2D eigenvalue weighted by atomic mass is 10.2. The zero-order valence-electron chi connectivity index (χ0n) is 8.57. The normalized spacial score (nSPS) is 9.76. The van der Waals surface area contributed by atoms with Crippen molar-refractivity contribution < 1.29 is 14.1 Å². The van der Waals surface area contributed by atoms with Gasteiger partial charge in [0.1, 0.15) is 5.82 Å². The van der Waals surface area contributed by atoms with E-state index in [1.807, 2.05) is 0 Å². The number of nitrogens with zero attached hydrogens (tertiary/aromatic N) is 1. The molecule has 5 nitrogen and oxygen atoms in total. The van der Waals surface area contributed by atoms with Crippen molar-refractivity contribution >= 4 is 27.5 Å². The van der Waals surface area contributed by atoms with Gasteiger partial charge in [0, 0.05) is 22.7 Å². The Morgan fingerprint density at radius 1 is 1.53 bits per heavy atom. The van der Waals surface area contributed by atoms with Gasteiger partial charge >= 0.3 is 0 Å². The highest BCUT2D eigenvalue weighted by atomic mass is 79.9. The van der Waals surface area contributed by atoms with Crippen LogP contribution in [-0.4, -0.2) is 17.4 Å². The summed E-state index contributed by atoms with van der Waals surface area (Å²) in [5.41, 5.74) is -0.571. The van der Waals surface area contributed by atoms with E-state index >= 15 is 0 Å². The van der Waals surface area contributed by atoms with Crippen LogP contribution in [0.3, 0.4) is 0 Å². The second-order valence-corrected chi connectivity index (χ2v) is 4.28. The van der Waals surface area contributed by atoms with E-state index in [0.717, 1.165) is 18.2 Å². The molecule has 0 radical (unpaired) electrons. The quantitative estimate of drug-likeness (QED) is 0.685. The Morgan fingerprint density at radius 2 is 2.18 bits per heavy atom. The zero-order chi connectivity index (χ0) is 13.0. The van der Waals surface area contributed by atoms with E-state index in [1.165, 1.54) is 0 Å². The molecule has 0 aromatic heterocycles. The number of hydrogen-bond acceptors (Lipinski definition) is 3. The lowest BCUT2D eigenvalue weighted by Crippen LogP contribution is -2.24. The smallest absolute Gasteiger partial charge is 0.273 e. The molecule has 90 valence electrons. The molecule has 1 aromatic carbocycles. The lowest BCUT2D eigenvalue weighted by molar-refractivity contribution is -0.385. The summed E-state index contributed by atoms with van der Waals surface area (Å²) in [7, 11) is 0. The molecule has 0 atom stereocenters. The maximum atomic E-state index is 13.0. The molecule has 0 unspecified atom stereocenters. The van der Waals surface area contributed by atoms with Crippen molar-refractivity contribution in [3.63, 3.8) is 0 Å². The monoisotopic (exact) mass is 302 g/mol. The summed E-state index contributed by atoms with van der Waals surface area (Å²) in [6, 6.07) is 2.69. The number of benzene rings is 1. The van der Waals surface area contributed by atoms with Crippen LogP contribution < -0.4 is 5.32 Å². The summed E-state index contributed by atoms with van der Waals surface area (Å²) in [4.78, 5) is 21.2. The minimum absolute atomic E-state index is 0.106. The van der Waals surface area contributed by atoms with Gasteiger partial charge in [-0.15, -0.1) is 0 Å². The average Bonchev–Trinajstić information content (AvgIpc) is 2.24. The van der Waals surface area contributed by atoms with Gasteiger partial charge < -0.3 is 5.32 Å².